The summed E-state index contributed by atoms with van der Waals surface area (Å²) >= 11 is 0. The number of carbonyl (C=O) groups is 2. The Hall–Kier alpha value is -2.59. The summed E-state index contributed by atoms with van der Waals surface area (Å²) in [6, 6.07) is 11.1. The lowest BCUT2D eigenvalue weighted by Crippen LogP contribution is -2.52. The number of amides is 2. The smallest absolute Gasteiger partial charge is 0.227 e. The molecule has 1 atom stereocenters. The van der Waals surface area contributed by atoms with Crippen molar-refractivity contribution in [2.45, 2.75) is 25.3 Å². The molecule has 27 heavy (non-hydrogen) atoms. The molecule has 2 saturated heterocycles. The third kappa shape index (κ3) is 4.98. The summed E-state index contributed by atoms with van der Waals surface area (Å²) in [7, 11) is 0. The number of piperidine rings is 1. The zero-order valence-electron chi connectivity index (χ0n) is 15.4. The van der Waals surface area contributed by atoms with Crippen LogP contribution in [0, 0.1) is 17.2 Å². The highest BCUT2D eigenvalue weighted by molar-refractivity contribution is 5.81. The number of hydrogen-bond donors (Lipinski definition) is 0. The number of hydrogen-bond acceptors (Lipinski definition) is 5. The first-order valence-corrected chi connectivity index (χ1v) is 9.42. The molecule has 0 spiro atoms. The molecule has 2 aliphatic rings. The summed E-state index contributed by atoms with van der Waals surface area (Å²) < 4.78 is 10.9. The van der Waals surface area contributed by atoms with Gasteiger partial charge in [0.15, 0.2) is 0 Å². The lowest BCUT2D eigenvalue weighted by molar-refractivity contribution is -0.146. The summed E-state index contributed by atoms with van der Waals surface area (Å²) in [5, 5.41) is 9.20. The van der Waals surface area contributed by atoms with Crippen molar-refractivity contribution < 1.29 is 19.1 Å². The van der Waals surface area contributed by atoms with Crippen molar-refractivity contribution in [1.29, 1.82) is 5.26 Å². The Bertz CT molecular complexity index is 680. The lowest BCUT2D eigenvalue weighted by atomic mass is 9.94. The fourth-order valence-electron chi connectivity index (χ4n) is 3.52. The predicted molar refractivity (Wildman–Crippen MR) is 97.8 cm³/mol. The first-order chi connectivity index (χ1) is 13.2. The average molecular weight is 371 g/mol. The number of rotatable bonds is 5. The standard InChI is InChI=1S/C20H25N3O4/c21-14-17-15-26-13-11-23(17)20(25)16-6-9-22(10-7-16)19(24)8-12-27-18-4-2-1-3-5-18/h1-5,16-17H,6-13,15H2. The Kier molecular flexibility index (Phi) is 6.66. The molecule has 2 heterocycles. The molecule has 2 fully saturated rings. The maximum absolute atomic E-state index is 12.7. The molecule has 0 aliphatic carbocycles. The molecule has 0 bridgehead atoms. The van der Waals surface area contributed by atoms with Gasteiger partial charge in [0.25, 0.3) is 0 Å². The first kappa shape index (κ1) is 19.2. The number of para-hydroxylation sites is 1. The van der Waals surface area contributed by atoms with Crippen LogP contribution in [0.4, 0.5) is 0 Å². The normalized spacial score (nSPS) is 20.8. The van der Waals surface area contributed by atoms with Gasteiger partial charge in [-0.2, -0.15) is 5.26 Å². The van der Waals surface area contributed by atoms with E-state index in [1.807, 2.05) is 30.3 Å². The van der Waals surface area contributed by atoms with E-state index < -0.39 is 6.04 Å². The Labute approximate surface area is 159 Å². The fourth-order valence-corrected chi connectivity index (χ4v) is 3.52. The molecule has 3 rings (SSSR count). The van der Waals surface area contributed by atoms with Crippen LogP contribution in [0.15, 0.2) is 30.3 Å². The average Bonchev–Trinajstić information content (AvgIpc) is 2.74. The highest BCUT2D eigenvalue weighted by Crippen LogP contribution is 2.22. The van der Waals surface area contributed by atoms with Gasteiger partial charge in [0.05, 0.1) is 32.3 Å². The third-order valence-corrected chi connectivity index (χ3v) is 5.09. The monoisotopic (exact) mass is 371 g/mol. The predicted octanol–water partition coefficient (Wildman–Crippen LogP) is 1.45. The molecule has 7 nitrogen and oxygen atoms in total. The Morgan fingerprint density at radius 1 is 1.19 bits per heavy atom. The second-order valence-electron chi connectivity index (χ2n) is 6.82. The molecule has 0 saturated carbocycles. The molecule has 1 aromatic carbocycles. The molecule has 2 aliphatic heterocycles. The number of nitrogens with zero attached hydrogens (tertiary/aromatic N) is 3. The lowest BCUT2D eigenvalue weighted by Gasteiger charge is -2.37. The largest absolute Gasteiger partial charge is 0.493 e. The van der Waals surface area contributed by atoms with E-state index in [0.717, 1.165) is 5.75 Å². The summed E-state index contributed by atoms with van der Waals surface area (Å²) in [5.41, 5.74) is 0. The molecule has 0 aromatic heterocycles. The second-order valence-corrected chi connectivity index (χ2v) is 6.82. The van der Waals surface area contributed by atoms with E-state index in [1.165, 1.54) is 0 Å². The van der Waals surface area contributed by atoms with E-state index in [2.05, 4.69) is 6.07 Å². The molecule has 0 radical (unpaired) electrons. The van der Waals surface area contributed by atoms with Crippen molar-refractivity contribution in [2.24, 2.45) is 5.92 Å². The molecule has 0 N–H and O–H groups in total. The molecule has 144 valence electrons. The van der Waals surface area contributed by atoms with Gasteiger partial charge < -0.3 is 19.3 Å². The number of ether oxygens (including phenoxy) is 2. The first-order valence-electron chi connectivity index (χ1n) is 9.42. The number of morpholine rings is 1. The van der Waals surface area contributed by atoms with Crippen LogP contribution in [0.5, 0.6) is 5.75 Å². The second kappa shape index (κ2) is 9.38. The number of likely N-dealkylation sites (tertiary alicyclic amines) is 1. The van der Waals surface area contributed by atoms with Gasteiger partial charge in [0, 0.05) is 25.6 Å². The van der Waals surface area contributed by atoms with Gasteiger partial charge in [0.1, 0.15) is 11.8 Å². The summed E-state index contributed by atoms with van der Waals surface area (Å²) in [6.07, 6.45) is 1.60. The highest BCUT2D eigenvalue weighted by Gasteiger charge is 2.34. The van der Waals surface area contributed by atoms with Gasteiger partial charge >= 0.3 is 0 Å². The van der Waals surface area contributed by atoms with Gasteiger partial charge in [-0.25, -0.2) is 0 Å². The van der Waals surface area contributed by atoms with Crippen molar-refractivity contribution in [3.8, 4) is 11.8 Å². The van der Waals surface area contributed by atoms with E-state index >= 15 is 0 Å². The maximum Gasteiger partial charge on any atom is 0.227 e. The summed E-state index contributed by atoms with van der Waals surface area (Å²) in [5.74, 6) is 0.707. The summed E-state index contributed by atoms with van der Waals surface area (Å²) in [4.78, 5) is 28.5. The van der Waals surface area contributed by atoms with Gasteiger partial charge in [0.2, 0.25) is 11.8 Å². The Balaban J connectivity index is 1.42. The van der Waals surface area contributed by atoms with E-state index in [4.69, 9.17) is 9.47 Å². The minimum Gasteiger partial charge on any atom is -0.493 e. The van der Waals surface area contributed by atoms with Crippen molar-refractivity contribution in [1.82, 2.24) is 9.80 Å². The van der Waals surface area contributed by atoms with E-state index in [9.17, 15) is 14.9 Å². The zero-order valence-corrected chi connectivity index (χ0v) is 15.4. The topological polar surface area (TPSA) is 82.9 Å². The minimum absolute atomic E-state index is 0.0179. The van der Waals surface area contributed by atoms with Crippen molar-refractivity contribution in [3.63, 3.8) is 0 Å². The third-order valence-electron chi connectivity index (χ3n) is 5.09. The number of benzene rings is 1. The van der Waals surface area contributed by atoms with Gasteiger partial charge in [-0.15, -0.1) is 0 Å². The molecule has 2 amide bonds. The highest BCUT2D eigenvalue weighted by atomic mass is 16.5. The van der Waals surface area contributed by atoms with E-state index in [0.29, 0.717) is 52.1 Å². The van der Waals surface area contributed by atoms with Crippen LogP contribution in [0.2, 0.25) is 0 Å². The number of carbonyl (C=O) groups excluding carboxylic acids is 2. The fraction of sp³-hybridized carbons (Fsp3) is 0.550. The molecule has 1 aromatic rings. The van der Waals surface area contributed by atoms with Crippen molar-refractivity contribution in [2.75, 3.05) is 39.5 Å². The minimum atomic E-state index is -0.499. The quantitative estimate of drug-likeness (QED) is 0.782. The molecule has 1 unspecified atom stereocenters. The Morgan fingerprint density at radius 2 is 1.93 bits per heavy atom. The van der Waals surface area contributed by atoms with Crippen LogP contribution in [0.3, 0.4) is 0 Å². The van der Waals surface area contributed by atoms with Crippen LogP contribution < -0.4 is 4.74 Å². The molecular formula is C20H25N3O4. The van der Waals surface area contributed by atoms with Crippen LogP contribution >= 0.6 is 0 Å². The van der Waals surface area contributed by atoms with Crippen LogP contribution in [-0.4, -0.2) is 67.1 Å². The summed E-state index contributed by atoms with van der Waals surface area (Å²) in [6.45, 7) is 2.71. The van der Waals surface area contributed by atoms with Crippen LogP contribution in [0.1, 0.15) is 19.3 Å². The van der Waals surface area contributed by atoms with Gasteiger partial charge in [-0.3, -0.25) is 9.59 Å². The number of nitriles is 1. The van der Waals surface area contributed by atoms with Gasteiger partial charge in [-0.1, -0.05) is 18.2 Å². The van der Waals surface area contributed by atoms with Crippen molar-refractivity contribution in [3.05, 3.63) is 30.3 Å². The molecule has 7 heteroatoms. The zero-order chi connectivity index (χ0) is 19.1. The van der Waals surface area contributed by atoms with E-state index in [-0.39, 0.29) is 24.3 Å². The van der Waals surface area contributed by atoms with Crippen molar-refractivity contribution >= 4 is 11.8 Å². The van der Waals surface area contributed by atoms with E-state index in [1.54, 1.807) is 9.80 Å². The maximum atomic E-state index is 12.7. The van der Waals surface area contributed by atoms with Crippen LogP contribution in [-0.2, 0) is 14.3 Å². The Morgan fingerprint density at radius 3 is 2.63 bits per heavy atom. The van der Waals surface area contributed by atoms with Crippen LogP contribution in [0.25, 0.3) is 0 Å². The molecular weight excluding hydrogens is 346 g/mol. The SMILES string of the molecule is N#CC1COCCN1C(=O)C1CCN(C(=O)CCOc2ccccc2)CC1. The van der Waals surface area contributed by atoms with Gasteiger partial charge in [-0.05, 0) is 25.0 Å².